The van der Waals surface area contributed by atoms with Gasteiger partial charge in [0.15, 0.2) is 6.10 Å². The first-order valence-electron chi connectivity index (χ1n) is 6.06. The van der Waals surface area contributed by atoms with E-state index in [1.165, 1.54) is 6.07 Å². The zero-order valence-corrected chi connectivity index (χ0v) is 11.8. The highest BCUT2D eigenvalue weighted by molar-refractivity contribution is 9.10. The molecule has 1 aliphatic heterocycles. The minimum absolute atomic E-state index is 0.0476. The summed E-state index contributed by atoms with van der Waals surface area (Å²) in [5, 5.41) is 11.9. The van der Waals surface area contributed by atoms with Crippen LogP contribution in [0.15, 0.2) is 22.7 Å². The van der Waals surface area contributed by atoms with Crippen LogP contribution in [-0.2, 0) is 4.79 Å². The Labute approximate surface area is 119 Å². The Balaban J connectivity index is 2.26. The van der Waals surface area contributed by atoms with E-state index in [2.05, 4.69) is 21.2 Å². The van der Waals surface area contributed by atoms with Gasteiger partial charge in [-0.25, -0.2) is 4.79 Å². The van der Waals surface area contributed by atoms with Gasteiger partial charge in [-0.15, -0.1) is 0 Å². The van der Waals surface area contributed by atoms with Gasteiger partial charge in [0.05, 0.1) is 4.47 Å². The first-order valence-corrected chi connectivity index (χ1v) is 6.85. The van der Waals surface area contributed by atoms with Gasteiger partial charge in [0.1, 0.15) is 11.3 Å². The van der Waals surface area contributed by atoms with Crippen LogP contribution in [0.3, 0.4) is 0 Å². The van der Waals surface area contributed by atoms with Gasteiger partial charge in [0.2, 0.25) is 0 Å². The van der Waals surface area contributed by atoms with Crippen molar-refractivity contribution in [3.63, 3.8) is 0 Å². The van der Waals surface area contributed by atoms with Gasteiger partial charge >= 0.3 is 5.97 Å². The number of hydrogen-bond acceptors (Lipinski definition) is 3. The van der Waals surface area contributed by atoms with Crippen LogP contribution >= 0.6 is 15.9 Å². The number of halogens is 1. The largest absolute Gasteiger partial charge is 0.479 e. The number of nitrogens with one attached hydrogen (secondary N) is 1. The quantitative estimate of drug-likeness (QED) is 0.892. The number of ether oxygens (including phenoxy) is 1. The Morgan fingerprint density at radius 1 is 1.42 bits per heavy atom. The number of hydrogen-bond donors (Lipinski definition) is 2. The Morgan fingerprint density at radius 2 is 2.21 bits per heavy atom. The molecule has 1 unspecified atom stereocenters. The first kappa shape index (κ1) is 13.9. The molecule has 102 valence electrons. The first-order chi connectivity index (χ1) is 9.09. The van der Waals surface area contributed by atoms with E-state index in [0.29, 0.717) is 17.4 Å². The van der Waals surface area contributed by atoms with E-state index in [0.717, 1.165) is 12.8 Å². The molecule has 0 radical (unpaired) electrons. The summed E-state index contributed by atoms with van der Waals surface area (Å²) in [6.45, 7) is 0.639. The lowest BCUT2D eigenvalue weighted by molar-refractivity contribution is -0.127. The number of carbonyl (C=O) groups is 2. The lowest BCUT2D eigenvalue weighted by Gasteiger charge is -2.18. The summed E-state index contributed by atoms with van der Waals surface area (Å²) in [7, 11) is 0. The molecule has 1 saturated heterocycles. The fourth-order valence-corrected chi connectivity index (χ4v) is 2.42. The van der Waals surface area contributed by atoms with Crippen molar-refractivity contribution in [1.29, 1.82) is 0 Å². The number of carboxylic acid groups (broad SMARTS) is 1. The van der Waals surface area contributed by atoms with E-state index in [1.54, 1.807) is 12.1 Å². The van der Waals surface area contributed by atoms with Crippen LogP contribution in [0, 0.1) is 0 Å². The van der Waals surface area contributed by atoms with Gasteiger partial charge in [-0.1, -0.05) is 6.07 Å². The monoisotopic (exact) mass is 327 g/mol. The van der Waals surface area contributed by atoms with Gasteiger partial charge in [-0.3, -0.25) is 4.79 Å². The number of carbonyl (C=O) groups excluding carboxylic acids is 1. The van der Waals surface area contributed by atoms with Crippen molar-refractivity contribution < 1.29 is 19.4 Å². The lowest BCUT2D eigenvalue weighted by Crippen LogP contribution is -2.36. The number of para-hydroxylation sites is 1. The predicted molar refractivity (Wildman–Crippen MR) is 72.4 cm³/mol. The maximum absolute atomic E-state index is 11.8. The summed E-state index contributed by atoms with van der Waals surface area (Å²) in [5.41, 5.74) is 0.0476. The van der Waals surface area contributed by atoms with Gasteiger partial charge < -0.3 is 15.2 Å². The molecule has 5 nitrogen and oxygen atoms in total. The molecule has 1 aromatic carbocycles. The fourth-order valence-electron chi connectivity index (χ4n) is 1.96. The SMILES string of the molecule is O=C(O)c1cccc(Br)c1OC1CCCCNC1=O. The molecular weight excluding hydrogens is 314 g/mol. The highest BCUT2D eigenvalue weighted by Crippen LogP contribution is 2.31. The average molecular weight is 328 g/mol. The Bertz CT molecular complexity index is 503. The third-order valence-electron chi connectivity index (χ3n) is 2.94. The molecule has 0 aromatic heterocycles. The average Bonchev–Trinajstić information content (AvgIpc) is 2.57. The van der Waals surface area contributed by atoms with Gasteiger partial charge in [0, 0.05) is 6.54 Å². The molecule has 0 spiro atoms. The van der Waals surface area contributed by atoms with Crippen LogP contribution in [0.1, 0.15) is 29.6 Å². The molecule has 0 aliphatic carbocycles. The zero-order chi connectivity index (χ0) is 13.8. The molecule has 1 aliphatic rings. The number of amides is 1. The molecule has 0 saturated carbocycles. The second kappa shape index (κ2) is 6.06. The molecule has 1 amide bonds. The van der Waals surface area contributed by atoms with Crippen molar-refractivity contribution in [1.82, 2.24) is 5.32 Å². The molecule has 0 bridgehead atoms. The van der Waals surface area contributed by atoms with E-state index < -0.39 is 12.1 Å². The van der Waals surface area contributed by atoms with E-state index in [1.807, 2.05) is 0 Å². The van der Waals surface area contributed by atoms with Crippen LogP contribution in [0.25, 0.3) is 0 Å². The Kier molecular flexibility index (Phi) is 4.42. The number of aromatic carboxylic acids is 1. The molecule has 2 rings (SSSR count). The van der Waals surface area contributed by atoms with Crippen molar-refractivity contribution >= 4 is 27.8 Å². The van der Waals surface area contributed by atoms with E-state index >= 15 is 0 Å². The van der Waals surface area contributed by atoms with E-state index in [4.69, 9.17) is 9.84 Å². The molecule has 1 heterocycles. The topological polar surface area (TPSA) is 75.6 Å². The van der Waals surface area contributed by atoms with E-state index in [-0.39, 0.29) is 17.2 Å². The lowest BCUT2D eigenvalue weighted by atomic mass is 10.1. The molecule has 1 atom stereocenters. The zero-order valence-electron chi connectivity index (χ0n) is 10.2. The van der Waals surface area contributed by atoms with Crippen molar-refractivity contribution in [3.05, 3.63) is 28.2 Å². The summed E-state index contributed by atoms with van der Waals surface area (Å²) in [5.74, 6) is -1.06. The van der Waals surface area contributed by atoms with Crippen LogP contribution < -0.4 is 10.1 Å². The summed E-state index contributed by atoms with van der Waals surface area (Å²) in [6.07, 6.45) is 1.73. The molecular formula is C13H14BrNO4. The van der Waals surface area contributed by atoms with E-state index in [9.17, 15) is 9.59 Å². The third-order valence-corrected chi connectivity index (χ3v) is 3.57. The number of rotatable bonds is 3. The highest BCUT2D eigenvalue weighted by Gasteiger charge is 2.25. The maximum Gasteiger partial charge on any atom is 0.339 e. The van der Waals surface area contributed by atoms with Gasteiger partial charge in [0.25, 0.3) is 5.91 Å². The smallest absolute Gasteiger partial charge is 0.339 e. The second-order valence-corrected chi connectivity index (χ2v) is 5.17. The van der Waals surface area contributed by atoms with Gasteiger partial charge in [-0.2, -0.15) is 0 Å². The molecule has 2 N–H and O–H groups in total. The standard InChI is InChI=1S/C13H14BrNO4/c14-9-5-3-4-8(13(17)18)11(9)19-10-6-1-2-7-15-12(10)16/h3-5,10H,1-2,6-7H2,(H,15,16)(H,17,18). The number of carboxylic acids is 1. The summed E-state index contributed by atoms with van der Waals surface area (Å²) in [4.78, 5) is 23.0. The second-order valence-electron chi connectivity index (χ2n) is 4.31. The van der Waals surface area contributed by atoms with Crippen LogP contribution in [0.5, 0.6) is 5.75 Å². The molecule has 1 fully saturated rings. The molecule has 6 heteroatoms. The number of benzene rings is 1. The third kappa shape index (κ3) is 3.26. The summed E-state index contributed by atoms with van der Waals surface area (Å²) < 4.78 is 6.16. The minimum Gasteiger partial charge on any atom is -0.479 e. The van der Waals surface area contributed by atoms with Crippen molar-refractivity contribution in [2.45, 2.75) is 25.4 Å². The van der Waals surface area contributed by atoms with Crippen molar-refractivity contribution in [3.8, 4) is 5.75 Å². The van der Waals surface area contributed by atoms with Crippen LogP contribution in [0.2, 0.25) is 0 Å². The predicted octanol–water partition coefficient (Wildman–Crippen LogP) is 2.19. The summed E-state index contributed by atoms with van der Waals surface area (Å²) >= 11 is 3.26. The minimum atomic E-state index is -1.08. The van der Waals surface area contributed by atoms with Crippen LogP contribution in [-0.4, -0.2) is 29.6 Å². The van der Waals surface area contributed by atoms with Crippen LogP contribution in [0.4, 0.5) is 0 Å². The summed E-state index contributed by atoms with van der Waals surface area (Å²) in [6, 6.07) is 4.76. The Morgan fingerprint density at radius 3 is 2.95 bits per heavy atom. The maximum atomic E-state index is 11.8. The Hall–Kier alpha value is -1.56. The van der Waals surface area contributed by atoms with Crippen molar-refractivity contribution in [2.24, 2.45) is 0 Å². The molecule has 1 aromatic rings. The fraction of sp³-hybridized carbons (Fsp3) is 0.385. The van der Waals surface area contributed by atoms with Crippen molar-refractivity contribution in [2.75, 3.05) is 6.54 Å². The normalized spacial score (nSPS) is 19.4. The highest BCUT2D eigenvalue weighted by atomic mass is 79.9. The molecule has 19 heavy (non-hydrogen) atoms. The van der Waals surface area contributed by atoms with Gasteiger partial charge in [-0.05, 0) is 47.3 Å².